The zero-order valence-electron chi connectivity index (χ0n) is 9.72. The van der Waals surface area contributed by atoms with E-state index >= 15 is 0 Å². The van der Waals surface area contributed by atoms with E-state index in [0.717, 1.165) is 12.1 Å². The van der Waals surface area contributed by atoms with Gasteiger partial charge in [-0.3, -0.25) is 4.79 Å². The zero-order chi connectivity index (χ0) is 11.3. The van der Waals surface area contributed by atoms with E-state index in [4.69, 9.17) is 5.73 Å². The summed E-state index contributed by atoms with van der Waals surface area (Å²) in [7, 11) is 1.79. The number of anilines is 1. The first-order valence-electron chi connectivity index (χ1n) is 5.18. The first kappa shape index (κ1) is 14.9. The summed E-state index contributed by atoms with van der Waals surface area (Å²) in [4.78, 5) is 13.4. The van der Waals surface area contributed by atoms with Crippen molar-refractivity contribution in [1.82, 2.24) is 0 Å². The average Bonchev–Trinajstić information content (AvgIpc) is 2.26. The van der Waals surface area contributed by atoms with Crippen LogP contribution >= 0.6 is 12.4 Å². The predicted octanol–water partition coefficient (Wildman–Crippen LogP) is 2.20. The molecule has 0 aromatic heterocycles. The Kier molecular flexibility index (Phi) is 6.77. The molecule has 0 radical (unpaired) electrons. The minimum atomic E-state index is 0. The van der Waals surface area contributed by atoms with E-state index in [1.165, 1.54) is 0 Å². The molecule has 1 unspecified atom stereocenters. The van der Waals surface area contributed by atoms with E-state index in [-0.39, 0.29) is 24.4 Å². The van der Waals surface area contributed by atoms with Crippen molar-refractivity contribution in [2.24, 2.45) is 5.73 Å². The molecular formula is C12H19ClN2O. The molecule has 1 aromatic rings. The van der Waals surface area contributed by atoms with Crippen LogP contribution in [0.25, 0.3) is 0 Å². The molecule has 16 heavy (non-hydrogen) atoms. The van der Waals surface area contributed by atoms with Crippen LogP contribution in [0.3, 0.4) is 0 Å². The van der Waals surface area contributed by atoms with E-state index < -0.39 is 0 Å². The largest absolute Gasteiger partial charge is 0.328 e. The highest BCUT2D eigenvalue weighted by atomic mass is 35.5. The highest BCUT2D eigenvalue weighted by molar-refractivity contribution is 5.92. The van der Waals surface area contributed by atoms with Crippen molar-refractivity contribution in [3.8, 4) is 0 Å². The molecule has 0 saturated carbocycles. The second-order valence-corrected chi connectivity index (χ2v) is 3.80. The van der Waals surface area contributed by atoms with E-state index in [2.05, 4.69) is 0 Å². The summed E-state index contributed by atoms with van der Waals surface area (Å²) in [5.41, 5.74) is 6.53. The number of benzene rings is 1. The molecule has 0 fully saturated rings. The molecule has 0 heterocycles. The highest BCUT2D eigenvalue weighted by Crippen LogP contribution is 2.12. The van der Waals surface area contributed by atoms with Gasteiger partial charge in [-0.2, -0.15) is 0 Å². The molecular weight excluding hydrogens is 224 g/mol. The Labute approximate surface area is 103 Å². The molecule has 0 bridgehead atoms. The van der Waals surface area contributed by atoms with Crippen LogP contribution in [0.15, 0.2) is 30.3 Å². The van der Waals surface area contributed by atoms with Gasteiger partial charge in [0.1, 0.15) is 0 Å². The van der Waals surface area contributed by atoms with Gasteiger partial charge in [-0.15, -0.1) is 12.4 Å². The standard InChI is InChI=1S/C12H18N2O.ClH/c1-10(13)8-9-12(15)14(2)11-6-4-3-5-7-11;/h3-7,10H,8-9,13H2,1-2H3;1H. The third-order valence-electron chi connectivity index (χ3n) is 2.33. The molecule has 1 rings (SSSR count). The van der Waals surface area contributed by atoms with Crippen molar-refractivity contribution in [2.75, 3.05) is 11.9 Å². The number of carbonyl (C=O) groups is 1. The van der Waals surface area contributed by atoms with E-state index in [1.54, 1.807) is 11.9 Å². The second kappa shape index (κ2) is 7.25. The lowest BCUT2D eigenvalue weighted by Gasteiger charge is -2.17. The quantitative estimate of drug-likeness (QED) is 0.880. The number of amides is 1. The molecule has 0 aliphatic carbocycles. The SMILES string of the molecule is CC(N)CCC(=O)N(C)c1ccccc1.Cl. The van der Waals surface area contributed by atoms with Crippen LogP contribution in [-0.4, -0.2) is 19.0 Å². The van der Waals surface area contributed by atoms with Gasteiger partial charge in [0.15, 0.2) is 0 Å². The van der Waals surface area contributed by atoms with Gasteiger partial charge in [0.05, 0.1) is 0 Å². The average molecular weight is 243 g/mol. The monoisotopic (exact) mass is 242 g/mol. The topological polar surface area (TPSA) is 46.3 Å². The summed E-state index contributed by atoms with van der Waals surface area (Å²) < 4.78 is 0. The van der Waals surface area contributed by atoms with Gasteiger partial charge in [-0.05, 0) is 25.5 Å². The van der Waals surface area contributed by atoms with Crippen LogP contribution in [0.5, 0.6) is 0 Å². The summed E-state index contributed by atoms with van der Waals surface area (Å²) >= 11 is 0. The third-order valence-corrected chi connectivity index (χ3v) is 2.33. The van der Waals surface area contributed by atoms with Crippen molar-refractivity contribution in [1.29, 1.82) is 0 Å². The maximum Gasteiger partial charge on any atom is 0.226 e. The van der Waals surface area contributed by atoms with Crippen molar-refractivity contribution in [3.05, 3.63) is 30.3 Å². The van der Waals surface area contributed by atoms with Crippen molar-refractivity contribution in [3.63, 3.8) is 0 Å². The normalized spacial score (nSPS) is 11.4. The molecule has 0 aliphatic rings. The van der Waals surface area contributed by atoms with E-state index in [1.807, 2.05) is 37.3 Å². The molecule has 2 N–H and O–H groups in total. The smallest absolute Gasteiger partial charge is 0.226 e. The Morgan fingerprint density at radius 3 is 2.44 bits per heavy atom. The number of rotatable bonds is 4. The Balaban J connectivity index is 0.00000225. The number of para-hydroxylation sites is 1. The molecule has 1 amide bonds. The Hall–Kier alpha value is -1.06. The number of halogens is 1. The lowest BCUT2D eigenvalue weighted by atomic mass is 10.2. The van der Waals surface area contributed by atoms with Crippen molar-refractivity contribution >= 4 is 24.0 Å². The number of hydrogen-bond acceptors (Lipinski definition) is 2. The van der Waals surface area contributed by atoms with Crippen LogP contribution < -0.4 is 10.6 Å². The lowest BCUT2D eigenvalue weighted by Crippen LogP contribution is -2.28. The fraction of sp³-hybridized carbons (Fsp3) is 0.417. The highest BCUT2D eigenvalue weighted by Gasteiger charge is 2.10. The van der Waals surface area contributed by atoms with Crippen LogP contribution in [0, 0.1) is 0 Å². The first-order valence-corrected chi connectivity index (χ1v) is 5.18. The maximum atomic E-state index is 11.7. The van der Waals surface area contributed by atoms with E-state index in [0.29, 0.717) is 6.42 Å². The molecule has 1 atom stereocenters. The maximum absolute atomic E-state index is 11.7. The summed E-state index contributed by atoms with van der Waals surface area (Å²) in [5, 5.41) is 0. The van der Waals surface area contributed by atoms with Gasteiger partial charge < -0.3 is 10.6 Å². The number of carbonyl (C=O) groups excluding carboxylic acids is 1. The molecule has 3 nitrogen and oxygen atoms in total. The Morgan fingerprint density at radius 1 is 1.38 bits per heavy atom. The first-order chi connectivity index (χ1) is 7.11. The van der Waals surface area contributed by atoms with Gasteiger partial charge in [-0.25, -0.2) is 0 Å². The summed E-state index contributed by atoms with van der Waals surface area (Å²) in [6.45, 7) is 1.91. The van der Waals surface area contributed by atoms with Crippen LogP contribution in [0.2, 0.25) is 0 Å². The minimum absolute atomic E-state index is 0. The van der Waals surface area contributed by atoms with Crippen LogP contribution in [0.1, 0.15) is 19.8 Å². The Morgan fingerprint density at radius 2 is 1.94 bits per heavy atom. The molecule has 0 aliphatic heterocycles. The molecule has 4 heteroatoms. The van der Waals surface area contributed by atoms with Crippen molar-refractivity contribution in [2.45, 2.75) is 25.8 Å². The summed E-state index contributed by atoms with van der Waals surface area (Å²) in [6.07, 6.45) is 1.24. The van der Waals surface area contributed by atoms with Crippen LogP contribution in [0.4, 0.5) is 5.69 Å². The minimum Gasteiger partial charge on any atom is -0.328 e. The second-order valence-electron chi connectivity index (χ2n) is 3.80. The Bertz CT molecular complexity index is 314. The molecule has 0 saturated heterocycles. The number of nitrogens with zero attached hydrogens (tertiary/aromatic N) is 1. The lowest BCUT2D eigenvalue weighted by molar-refractivity contribution is -0.118. The molecule has 90 valence electrons. The van der Waals surface area contributed by atoms with Gasteiger partial charge in [0, 0.05) is 25.2 Å². The fourth-order valence-corrected chi connectivity index (χ4v) is 1.31. The van der Waals surface area contributed by atoms with Gasteiger partial charge in [0.25, 0.3) is 0 Å². The molecule has 0 spiro atoms. The van der Waals surface area contributed by atoms with Crippen LogP contribution in [-0.2, 0) is 4.79 Å². The summed E-state index contributed by atoms with van der Waals surface area (Å²) in [6, 6.07) is 9.70. The van der Waals surface area contributed by atoms with Gasteiger partial charge >= 0.3 is 0 Å². The zero-order valence-corrected chi connectivity index (χ0v) is 10.5. The van der Waals surface area contributed by atoms with Crippen molar-refractivity contribution < 1.29 is 4.79 Å². The third kappa shape index (κ3) is 4.64. The van der Waals surface area contributed by atoms with Gasteiger partial charge in [0.2, 0.25) is 5.91 Å². The summed E-state index contributed by atoms with van der Waals surface area (Å²) in [5.74, 6) is 0.110. The van der Waals surface area contributed by atoms with E-state index in [9.17, 15) is 4.79 Å². The predicted molar refractivity (Wildman–Crippen MR) is 70.0 cm³/mol. The number of hydrogen-bond donors (Lipinski definition) is 1. The number of nitrogens with two attached hydrogens (primary N) is 1. The fourth-order valence-electron chi connectivity index (χ4n) is 1.31. The molecule has 1 aromatic carbocycles. The van der Waals surface area contributed by atoms with Gasteiger partial charge in [-0.1, -0.05) is 18.2 Å².